The molecule has 0 N–H and O–H groups in total. The molecule has 0 aliphatic rings. The van der Waals surface area contributed by atoms with Crippen molar-refractivity contribution in [3.05, 3.63) is 35.4 Å². The van der Waals surface area contributed by atoms with Crippen LogP contribution in [0.25, 0.3) is 5.57 Å². The number of hydrogen-bond acceptors (Lipinski definition) is 2. The van der Waals surface area contributed by atoms with Crippen molar-refractivity contribution in [3.63, 3.8) is 0 Å². The van der Waals surface area contributed by atoms with E-state index in [2.05, 4.69) is 4.74 Å². The van der Waals surface area contributed by atoms with Gasteiger partial charge in [0.05, 0.1) is 0 Å². The third-order valence-electron chi connectivity index (χ3n) is 2.99. The Balaban J connectivity index is 3.35. The zero-order valence-electron chi connectivity index (χ0n) is 12.2. The third kappa shape index (κ3) is 5.25. The summed E-state index contributed by atoms with van der Waals surface area (Å²) in [5.41, 5.74) is 1.51. The molecule has 1 rings (SSSR count). The molecule has 0 bridgehead atoms. The minimum Gasteiger partial charge on any atom is -0.405 e. The van der Waals surface area contributed by atoms with Crippen LogP contribution in [-0.4, -0.2) is 12.6 Å². The number of carbonyl (C=O) groups is 1. The van der Waals surface area contributed by atoms with E-state index in [0.29, 0.717) is 29.6 Å². The molecule has 0 spiro atoms. The predicted octanol–water partition coefficient (Wildman–Crippen LogP) is 5.14. The predicted molar refractivity (Wildman–Crippen MR) is 75.9 cm³/mol. The van der Waals surface area contributed by atoms with Crippen molar-refractivity contribution in [2.24, 2.45) is 0 Å². The van der Waals surface area contributed by atoms with Crippen LogP contribution in [0.2, 0.25) is 0 Å². The summed E-state index contributed by atoms with van der Waals surface area (Å²) in [4.78, 5) is 11.3. The number of halogens is 3. The molecule has 1 aromatic carbocycles. The molecule has 0 heterocycles. The molecular weight excluding hydrogens is 281 g/mol. The Morgan fingerprint density at radius 1 is 1.14 bits per heavy atom. The van der Waals surface area contributed by atoms with Crippen LogP contribution >= 0.6 is 0 Å². The zero-order valence-corrected chi connectivity index (χ0v) is 12.2. The van der Waals surface area contributed by atoms with Crippen LogP contribution in [0.3, 0.4) is 0 Å². The lowest BCUT2D eigenvalue weighted by atomic mass is 9.93. The quantitative estimate of drug-likeness (QED) is 0.515. The van der Waals surface area contributed by atoms with Gasteiger partial charge in [-0.3, -0.25) is 4.79 Å². The van der Waals surface area contributed by atoms with Crippen molar-refractivity contribution in [2.45, 2.75) is 45.9 Å². The summed E-state index contributed by atoms with van der Waals surface area (Å²) in [5.74, 6) is -0.260. The summed E-state index contributed by atoms with van der Waals surface area (Å²) >= 11 is 0. The van der Waals surface area contributed by atoms with Crippen molar-refractivity contribution in [1.82, 2.24) is 0 Å². The minimum atomic E-state index is -4.75. The van der Waals surface area contributed by atoms with E-state index in [-0.39, 0.29) is 5.75 Å². The minimum absolute atomic E-state index is 0.260. The Labute approximate surface area is 122 Å². The van der Waals surface area contributed by atoms with Crippen molar-refractivity contribution in [3.8, 4) is 5.75 Å². The van der Waals surface area contributed by atoms with Gasteiger partial charge >= 0.3 is 6.36 Å². The molecule has 0 radical (unpaired) electrons. The highest BCUT2D eigenvalue weighted by Gasteiger charge is 2.32. The number of aldehydes is 1. The van der Waals surface area contributed by atoms with Crippen molar-refractivity contribution >= 4 is 11.9 Å². The Hall–Kier alpha value is -1.78. The normalized spacial score (nSPS) is 12.8. The van der Waals surface area contributed by atoms with Gasteiger partial charge in [-0.2, -0.15) is 0 Å². The first-order valence-electron chi connectivity index (χ1n) is 6.95. The molecule has 0 unspecified atom stereocenters. The number of para-hydroxylation sites is 1. The fraction of sp³-hybridized carbons (Fsp3) is 0.438. The molecule has 0 amide bonds. The highest BCUT2D eigenvalue weighted by molar-refractivity contribution is 5.89. The average Bonchev–Trinajstić information content (AvgIpc) is 2.42. The fourth-order valence-corrected chi connectivity index (χ4v) is 2.20. The highest BCUT2D eigenvalue weighted by Crippen LogP contribution is 2.35. The van der Waals surface area contributed by atoms with E-state index >= 15 is 0 Å². The summed E-state index contributed by atoms with van der Waals surface area (Å²) in [6, 6.07) is 5.95. The molecule has 116 valence electrons. The molecule has 0 aliphatic carbocycles. The lowest BCUT2D eigenvalue weighted by Gasteiger charge is -2.17. The summed E-state index contributed by atoms with van der Waals surface area (Å²) in [7, 11) is 0. The molecule has 0 aromatic heterocycles. The second kappa shape index (κ2) is 7.86. The van der Waals surface area contributed by atoms with Gasteiger partial charge in [-0.15, -0.1) is 13.2 Å². The molecule has 0 atom stereocenters. The van der Waals surface area contributed by atoms with Gasteiger partial charge in [-0.05, 0) is 30.1 Å². The van der Waals surface area contributed by atoms with Crippen LogP contribution in [0.5, 0.6) is 5.75 Å². The maximum absolute atomic E-state index is 12.5. The molecular formula is C16H19F3O2. The number of benzene rings is 1. The Morgan fingerprint density at radius 3 is 2.29 bits per heavy atom. The number of allylic oxidation sites excluding steroid dienone is 2. The summed E-state index contributed by atoms with van der Waals surface area (Å²) in [5, 5.41) is 0. The van der Waals surface area contributed by atoms with Gasteiger partial charge in [0, 0.05) is 5.56 Å². The number of alkyl halides is 3. The van der Waals surface area contributed by atoms with Crippen LogP contribution in [0, 0.1) is 0 Å². The SMILES string of the molecule is CCC/C(C=O)=C(\CCC)c1ccccc1OC(F)(F)F. The molecule has 5 heteroatoms. The molecule has 21 heavy (non-hydrogen) atoms. The maximum atomic E-state index is 12.5. The maximum Gasteiger partial charge on any atom is 0.573 e. The van der Waals surface area contributed by atoms with Crippen molar-refractivity contribution < 1.29 is 22.7 Å². The monoisotopic (exact) mass is 300 g/mol. The van der Waals surface area contributed by atoms with Crippen LogP contribution in [0.15, 0.2) is 29.8 Å². The first-order valence-corrected chi connectivity index (χ1v) is 6.95. The van der Waals surface area contributed by atoms with Gasteiger partial charge in [0.2, 0.25) is 0 Å². The Morgan fingerprint density at radius 2 is 1.76 bits per heavy atom. The summed E-state index contributed by atoms with van der Waals surface area (Å²) in [6.07, 6.45) is -1.45. The second-order valence-corrected chi connectivity index (χ2v) is 4.67. The van der Waals surface area contributed by atoms with E-state index < -0.39 is 6.36 Å². The lowest BCUT2D eigenvalue weighted by Crippen LogP contribution is -2.18. The number of hydrogen-bond donors (Lipinski definition) is 0. The van der Waals surface area contributed by atoms with E-state index in [4.69, 9.17) is 0 Å². The van der Waals surface area contributed by atoms with Gasteiger partial charge in [0.1, 0.15) is 12.0 Å². The molecule has 0 fully saturated rings. The number of carbonyl (C=O) groups excluding carboxylic acids is 1. The zero-order chi connectivity index (χ0) is 15.9. The Kier molecular flexibility index (Phi) is 6.46. The van der Waals surface area contributed by atoms with E-state index in [1.165, 1.54) is 12.1 Å². The molecule has 2 nitrogen and oxygen atoms in total. The van der Waals surface area contributed by atoms with Crippen LogP contribution in [-0.2, 0) is 4.79 Å². The summed E-state index contributed by atoms with van der Waals surface area (Å²) < 4.78 is 41.6. The smallest absolute Gasteiger partial charge is 0.405 e. The average molecular weight is 300 g/mol. The molecule has 0 saturated carbocycles. The molecule has 1 aromatic rings. The van der Waals surface area contributed by atoms with Gasteiger partial charge in [0.15, 0.2) is 0 Å². The lowest BCUT2D eigenvalue weighted by molar-refractivity contribution is -0.274. The van der Waals surface area contributed by atoms with E-state index in [1.807, 2.05) is 13.8 Å². The van der Waals surface area contributed by atoms with Gasteiger partial charge < -0.3 is 4.74 Å². The van der Waals surface area contributed by atoms with Crippen molar-refractivity contribution in [1.29, 1.82) is 0 Å². The first kappa shape index (κ1) is 17.3. The van der Waals surface area contributed by atoms with E-state index in [1.54, 1.807) is 12.1 Å². The van der Waals surface area contributed by atoms with Crippen LogP contribution in [0.4, 0.5) is 13.2 Å². The van der Waals surface area contributed by atoms with Gasteiger partial charge in [0.25, 0.3) is 0 Å². The summed E-state index contributed by atoms with van der Waals surface area (Å²) in [6.45, 7) is 3.84. The topological polar surface area (TPSA) is 26.3 Å². The van der Waals surface area contributed by atoms with E-state index in [0.717, 1.165) is 19.1 Å². The van der Waals surface area contributed by atoms with Gasteiger partial charge in [-0.1, -0.05) is 44.9 Å². The largest absolute Gasteiger partial charge is 0.573 e. The van der Waals surface area contributed by atoms with E-state index in [9.17, 15) is 18.0 Å². The Bertz CT molecular complexity index is 504. The first-order chi connectivity index (χ1) is 9.92. The number of ether oxygens (including phenoxy) is 1. The molecule has 0 aliphatic heterocycles. The van der Waals surface area contributed by atoms with Crippen LogP contribution in [0.1, 0.15) is 45.1 Å². The van der Waals surface area contributed by atoms with Gasteiger partial charge in [-0.25, -0.2) is 0 Å². The van der Waals surface area contributed by atoms with Crippen LogP contribution < -0.4 is 4.74 Å². The van der Waals surface area contributed by atoms with Crippen molar-refractivity contribution in [2.75, 3.05) is 0 Å². The highest BCUT2D eigenvalue weighted by atomic mass is 19.4. The molecule has 0 saturated heterocycles. The number of rotatable bonds is 7. The second-order valence-electron chi connectivity index (χ2n) is 4.67. The fourth-order valence-electron chi connectivity index (χ4n) is 2.20. The third-order valence-corrected chi connectivity index (χ3v) is 2.99. The standard InChI is InChI=1S/C16H19F3O2/c1-3-7-12(11-20)13(8-4-2)14-9-5-6-10-15(14)21-16(17,18)19/h5-6,9-11H,3-4,7-8H2,1-2H3/b13-12-.